The molecule has 0 saturated heterocycles. The summed E-state index contributed by atoms with van der Waals surface area (Å²) in [5.41, 5.74) is 7.77. The Morgan fingerprint density at radius 1 is 1.40 bits per heavy atom. The molecule has 0 amide bonds. The van der Waals surface area contributed by atoms with Gasteiger partial charge in [-0.3, -0.25) is 4.79 Å². The number of benzene rings is 1. The van der Waals surface area contributed by atoms with Crippen LogP contribution in [0.2, 0.25) is 0 Å². The Bertz CT molecular complexity index is 435. The average Bonchev–Trinajstić information content (AvgIpc) is 2.45. The number of nitrogens with zero attached hydrogens (tertiary/aromatic N) is 1. The molecule has 0 aliphatic heterocycles. The molecule has 0 spiro atoms. The zero-order chi connectivity index (χ0) is 15.0. The maximum absolute atomic E-state index is 11.3. The Morgan fingerprint density at radius 3 is 2.75 bits per heavy atom. The van der Waals surface area contributed by atoms with Gasteiger partial charge >= 0.3 is 5.97 Å². The van der Waals surface area contributed by atoms with E-state index in [1.807, 2.05) is 32.2 Å². The number of nitrogens with two attached hydrogens (primary N) is 1. The SMILES string of the molecule is CCOC(=O)CCN(C)Cc1ccc(CN)c(OC)c1. The molecular formula is C15H24N2O3. The van der Waals surface area contributed by atoms with Gasteiger partial charge < -0.3 is 20.1 Å². The average molecular weight is 280 g/mol. The first kappa shape index (κ1) is 16.5. The van der Waals surface area contributed by atoms with Crippen molar-refractivity contribution in [3.63, 3.8) is 0 Å². The maximum Gasteiger partial charge on any atom is 0.307 e. The standard InChI is InChI=1S/C15H24N2O3/c1-4-20-15(18)7-8-17(2)11-12-5-6-13(10-16)14(9-12)19-3/h5-6,9H,4,7-8,10-11,16H2,1-3H3. The van der Waals surface area contributed by atoms with Crippen LogP contribution in [0, 0.1) is 0 Å². The fourth-order valence-corrected chi connectivity index (χ4v) is 1.96. The van der Waals surface area contributed by atoms with Crippen LogP contribution in [0.3, 0.4) is 0 Å². The minimum Gasteiger partial charge on any atom is -0.496 e. The molecule has 1 rings (SSSR count). The smallest absolute Gasteiger partial charge is 0.307 e. The third-order valence-electron chi connectivity index (χ3n) is 3.03. The van der Waals surface area contributed by atoms with E-state index in [2.05, 4.69) is 4.90 Å². The van der Waals surface area contributed by atoms with E-state index in [-0.39, 0.29) is 5.97 Å². The van der Waals surface area contributed by atoms with Gasteiger partial charge in [-0.25, -0.2) is 0 Å². The summed E-state index contributed by atoms with van der Waals surface area (Å²) >= 11 is 0. The molecule has 112 valence electrons. The third-order valence-corrected chi connectivity index (χ3v) is 3.03. The lowest BCUT2D eigenvalue weighted by atomic mass is 10.1. The van der Waals surface area contributed by atoms with Crippen molar-refractivity contribution in [2.24, 2.45) is 5.73 Å². The zero-order valence-electron chi connectivity index (χ0n) is 12.5. The highest BCUT2D eigenvalue weighted by atomic mass is 16.5. The largest absolute Gasteiger partial charge is 0.496 e. The number of carbonyl (C=O) groups is 1. The van der Waals surface area contributed by atoms with Gasteiger partial charge in [0.2, 0.25) is 0 Å². The van der Waals surface area contributed by atoms with Gasteiger partial charge in [-0.1, -0.05) is 12.1 Å². The molecule has 0 fully saturated rings. The van der Waals surface area contributed by atoms with Gasteiger partial charge in [0.1, 0.15) is 5.75 Å². The highest BCUT2D eigenvalue weighted by Crippen LogP contribution is 2.20. The first-order valence-electron chi connectivity index (χ1n) is 6.80. The summed E-state index contributed by atoms with van der Waals surface area (Å²) in [6.45, 7) is 4.12. The second-order valence-corrected chi connectivity index (χ2v) is 4.64. The molecule has 20 heavy (non-hydrogen) atoms. The normalized spacial score (nSPS) is 10.7. The zero-order valence-corrected chi connectivity index (χ0v) is 12.5. The molecule has 0 bridgehead atoms. The quantitative estimate of drug-likeness (QED) is 0.732. The first-order valence-corrected chi connectivity index (χ1v) is 6.80. The fraction of sp³-hybridized carbons (Fsp3) is 0.533. The van der Waals surface area contributed by atoms with E-state index < -0.39 is 0 Å². The summed E-state index contributed by atoms with van der Waals surface area (Å²) < 4.78 is 10.2. The number of methoxy groups -OCH3 is 1. The van der Waals surface area contributed by atoms with Gasteiger partial charge in [0.25, 0.3) is 0 Å². The minimum absolute atomic E-state index is 0.157. The molecule has 1 aromatic carbocycles. The summed E-state index contributed by atoms with van der Waals surface area (Å²) in [4.78, 5) is 13.4. The van der Waals surface area contributed by atoms with E-state index in [4.69, 9.17) is 15.2 Å². The summed E-state index contributed by atoms with van der Waals surface area (Å²) in [5.74, 6) is 0.652. The lowest BCUT2D eigenvalue weighted by molar-refractivity contribution is -0.143. The van der Waals surface area contributed by atoms with Crippen molar-refractivity contribution >= 4 is 5.97 Å². The molecule has 0 radical (unpaired) electrons. The highest BCUT2D eigenvalue weighted by Gasteiger charge is 2.08. The number of hydrogen-bond acceptors (Lipinski definition) is 5. The van der Waals surface area contributed by atoms with Crippen LogP contribution >= 0.6 is 0 Å². The molecule has 5 heteroatoms. The maximum atomic E-state index is 11.3. The Morgan fingerprint density at radius 2 is 2.15 bits per heavy atom. The number of hydrogen-bond donors (Lipinski definition) is 1. The van der Waals surface area contributed by atoms with Crippen LogP contribution in [0.15, 0.2) is 18.2 Å². The van der Waals surface area contributed by atoms with Gasteiger partial charge in [0.15, 0.2) is 0 Å². The van der Waals surface area contributed by atoms with Crippen LogP contribution in [0.1, 0.15) is 24.5 Å². The van der Waals surface area contributed by atoms with E-state index in [9.17, 15) is 4.79 Å². The molecular weight excluding hydrogens is 256 g/mol. The van der Waals surface area contributed by atoms with Gasteiger partial charge in [-0.2, -0.15) is 0 Å². The molecule has 0 atom stereocenters. The number of rotatable bonds is 8. The van der Waals surface area contributed by atoms with Crippen molar-refractivity contribution in [2.75, 3.05) is 27.3 Å². The van der Waals surface area contributed by atoms with Crippen LogP contribution in [-0.4, -0.2) is 38.2 Å². The molecule has 0 aliphatic rings. The predicted molar refractivity (Wildman–Crippen MR) is 78.5 cm³/mol. The summed E-state index contributed by atoms with van der Waals surface area (Å²) in [6.07, 6.45) is 0.405. The van der Waals surface area contributed by atoms with Crippen molar-refractivity contribution < 1.29 is 14.3 Å². The molecule has 0 aromatic heterocycles. The molecule has 0 saturated carbocycles. The van der Waals surface area contributed by atoms with E-state index in [1.165, 1.54) is 0 Å². The van der Waals surface area contributed by atoms with Crippen LogP contribution in [0.25, 0.3) is 0 Å². The minimum atomic E-state index is -0.157. The van der Waals surface area contributed by atoms with Crippen molar-refractivity contribution in [3.8, 4) is 5.75 Å². The van der Waals surface area contributed by atoms with Crippen molar-refractivity contribution in [2.45, 2.75) is 26.4 Å². The van der Waals surface area contributed by atoms with Gasteiger partial charge in [-0.05, 0) is 25.6 Å². The molecule has 0 aliphatic carbocycles. The first-order chi connectivity index (χ1) is 9.60. The van der Waals surface area contributed by atoms with Gasteiger partial charge in [0.05, 0.1) is 20.1 Å². The van der Waals surface area contributed by atoms with Gasteiger partial charge in [-0.15, -0.1) is 0 Å². The third kappa shape index (κ3) is 5.19. The van der Waals surface area contributed by atoms with Crippen molar-refractivity contribution in [3.05, 3.63) is 29.3 Å². The molecule has 5 nitrogen and oxygen atoms in total. The van der Waals surface area contributed by atoms with Crippen molar-refractivity contribution in [1.82, 2.24) is 4.90 Å². The summed E-state index contributed by atoms with van der Waals surface area (Å²) in [6, 6.07) is 6.00. The lowest BCUT2D eigenvalue weighted by Crippen LogP contribution is -2.22. The Hall–Kier alpha value is -1.59. The summed E-state index contributed by atoms with van der Waals surface area (Å²) in [7, 11) is 3.62. The molecule has 2 N–H and O–H groups in total. The number of ether oxygens (including phenoxy) is 2. The number of esters is 1. The van der Waals surface area contributed by atoms with Crippen LogP contribution in [0.4, 0.5) is 0 Å². The fourth-order valence-electron chi connectivity index (χ4n) is 1.96. The second kappa shape index (κ2) is 8.55. The topological polar surface area (TPSA) is 64.8 Å². The molecule has 1 aromatic rings. The van der Waals surface area contributed by atoms with Crippen LogP contribution < -0.4 is 10.5 Å². The van der Waals surface area contributed by atoms with Gasteiger partial charge in [0, 0.05) is 25.2 Å². The highest BCUT2D eigenvalue weighted by molar-refractivity contribution is 5.69. The molecule has 0 unspecified atom stereocenters. The van der Waals surface area contributed by atoms with E-state index >= 15 is 0 Å². The monoisotopic (exact) mass is 280 g/mol. The van der Waals surface area contributed by atoms with E-state index in [0.717, 1.165) is 23.4 Å². The second-order valence-electron chi connectivity index (χ2n) is 4.64. The van der Waals surface area contributed by atoms with E-state index in [0.29, 0.717) is 26.1 Å². The van der Waals surface area contributed by atoms with Crippen LogP contribution in [-0.2, 0) is 22.6 Å². The Kier molecular flexibility index (Phi) is 7.04. The number of carbonyl (C=O) groups excluding carboxylic acids is 1. The van der Waals surface area contributed by atoms with E-state index in [1.54, 1.807) is 7.11 Å². The summed E-state index contributed by atoms with van der Waals surface area (Å²) in [5, 5.41) is 0. The Labute approximate surface area is 120 Å². The predicted octanol–water partition coefficient (Wildman–Crippen LogP) is 1.54. The molecule has 0 heterocycles. The Balaban J connectivity index is 2.53. The van der Waals surface area contributed by atoms with Crippen LogP contribution in [0.5, 0.6) is 5.75 Å². The lowest BCUT2D eigenvalue weighted by Gasteiger charge is -2.17. The van der Waals surface area contributed by atoms with Crippen molar-refractivity contribution in [1.29, 1.82) is 0 Å².